The van der Waals surface area contributed by atoms with Gasteiger partial charge in [-0.2, -0.15) is 13.2 Å². The lowest BCUT2D eigenvalue weighted by Crippen LogP contribution is -2.52. The van der Waals surface area contributed by atoms with Crippen molar-refractivity contribution in [3.8, 4) is 5.75 Å². The fourth-order valence-corrected chi connectivity index (χ4v) is 2.20. The average molecular weight is 319 g/mol. The molecule has 1 aliphatic rings. The van der Waals surface area contributed by atoms with Gasteiger partial charge in [-0.1, -0.05) is 0 Å². The molecule has 0 atom stereocenters. The summed E-state index contributed by atoms with van der Waals surface area (Å²) in [5, 5.41) is 20.1. The van der Waals surface area contributed by atoms with Crippen molar-refractivity contribution in [1.82, 2.24) is 4.90 Å². The Morgan fingerprint density at radius 2 is 1.82 bits per heavy atom. The summed E-state index contributed by atoms with van der Waals surface area (Å²) < 4.78 is 37.0. The molecule has 0 saturated carbocycles. The molecule has 1 aromatic carbocycles. The highest BCUT2D eigenvalue weighted by Gasteiger charge is 2.43. The molecule has 1 fully saturated rings. The van der Waals surface area contributed by atoms with Crippen molar-refractivity contribution in [3.63, 3.8) is 0 Å². The van der Waals surface area contributed by atoms with Crippen molar-refractivity contribution in [2.24, 2.45) is 0 Å². The number of anilines is 1. The zero-order valence-corrected chi connectivity index (χ0v) is 11.2. The highest BCUT2D eigenvalue weighted by molar-refractivity contribution is 5.82. The number of nitrogens with zero attached hydrogens (tertiary/aromatic N) is 3. The summed E-state index contributed by atoms with van der Waals surface area (Å²) in [7, 11) is 0. The minimum absolute atomic E-state index is 0.115. The van der Waals surface area contributed by atoms with E-state index in [1.54, 1.807) is 4.90 Å². The maximum absolute atomic E-state index is 12.3. The molecule has 0 radical (unpaired) electrons. The minimum atomic E-state index is -4.90. The van der Waals surface area contributed by atoms with Crippen LogP contribution >= 0.6 is 0 Å². The number of amides is 1. The van der Waals surface area contributed by atoms with Crippen LogP contribution < -0.4 is 4.90 Å². The lowest BCUT2D eigenvalue weighted by atomic mass is 10.2. The first kappa shape index (κ1) is 15.9. The third kappa shape index (κ3) is 3.21. The normalized spacial score (nSPS) is 15.8. The van der Waals surface area contributed by atoms with E-state index in [1.165, 1.54) is 6.07 Å². The minimum Gasteiger partial charge on any atom is -0.502 e. The second-order valence-corrected chi connectivity index (χ2v) is 4.71. The molecule has 0 aliphatic carbocycles. The zero-order chi connectivity index (χ0) is 16.5. The van der Waals surface area contributed by atoms with Crippen molar-refractivity contribution in [3.05, 3.63) is 28.3 Å². The molecule has 1 N–H and O–H groups in total. The van der Waals surface area contributed by atoms with Crippen molar-refractivity contribution >= 4 is 17.3 Å². The number of hydrogen-bond donors (Lipinski definition) is 1. The van der Waals surface area contributed by atoms with E-state index in [4.69, 9.17) is 0 Å². The molecule has 0 bridgehead atoms. The number of carbonyl (C=O) groups is 1. The van der Waals surface area contributed by atoms with Gasteiger partial charge in [0.1, 0.15) is 0 Å². The molecule has 2 rings (SSSR count). The van der Waals surface area contributed by atoms with Gasteiger partial charge in [-0.05, 0) is 12.1 Å². The van der Waals surface area contributed by atoms with E-state index in [0.29, 0.717) is 10.6 Å². The van der Waals surface area contributed by atoms with Gasteiger partial charge in [0, 0.05) is 37.9 Å². The van der Waals surface area contributed by atoms with E-state index >= 15 is 0 Å². The number of rotatable bonds is 2. The second kappa shape index (κ2) is 5.70. The number of hydrogen-bond acceptors (Lipinski definition) is 5. The van der Waals surface area contributed by atoms with Gasteiger partial charge in [0.15, 0.2) is 5.75 Å². The van der Waals surface area contributed by atoms with Gasteiger partial charge in [-0.15, -0.1) is 0 Å². The molecule has 10 heteroatoms. The maximum Gasteiger partial charge on any atom is 0.471 e. The van der Waals surface area contributed by atoms with E-state index < -0.39 is 28.4 Å². The predicted octanol–water partition coefficient (Wildman–Crippen LogP) is 1.51. The van der Waals surface area contributed by atoms with Crippen molar-refractivity contribution in [1.29, 1.82) is 0 Å². The molecule has 1 aromatic rings. The Bertz CT molecular complexity index is 598. The first-order valence-electron chi connectivity index (χ1n) is 6.28. The number of alkyl halides is 3. The number of nitro groups is 1. The highest BCUT2D eigenvalue weighted by Crippen LogP contribution is 2.31. The average Bonchev–Trinajstić information content (AvgIpc) is 2.46. The summed E-state index contributed by atoms with van der Waals surface area (Å²) in [6.07, 6.45) is -4.90. The smallest absolute Gasteiger partial charge is 0.471 e. The Morgan fingerprint density at radius 1 is 1.23 bits per heavy atom. The molecule has 1 heterocycles. The third-order valence-electron chi connectivity index (χ3n) is 3.33. The van der Waals surface area contributed by atoms with Crippen LogP contribution in [-0.2, 0) is 4.79 Å². The molecular weight excluding hydrogens is 307 g/mol. The Morgan fingerprint density at radius 3 is 2.32 bits per heavy atom. The van der Waals surface area contributed by atoms with Crippen LogP contribution in [0.4, 0.5) is 24.5 Å². The van der Waals surface area contributed by atoms with E-state index in [0.717, 1.165) is 12.1 Å². The Labute approximate surface area is 122 Å². The first-order valence-corrected chi connectivity index (χ1v) is 6.28. The number of carbonyl (C=O) groups excluding carboxylic acids is 1. The summed E-state index contributed by atoms with van der Waals surface area (Å²) in [4.78, 5) is 23.4. The molecule has 0 unspecified atom stereocenters. The standard InChI is InChI=1S/C12H12F3N3O4/c13-12(14,15)11(20)17-5-3-16(4-6-17)8-1-2-10(19)9(7-8)18(21)22/h1-2,7,19H,3-6H2. The molecular formula is C12H12F3N3O4. The zero-order valence-electron chi connectivity index (χ0n) is 11.2. The predicted molar refractivity (Wildman–Crippen MR) is 69.6 cm³/mol. The third-order valence-corrected chi connectivity index (χ3v) is 3.33. The van der Waals surface area contributed by atoms with Crippen LogP contribution in [0.15, 0.2) is 18.2 Å². The molecule has 1 aliphatic heterocycles. The van der Waals surface area contributed by atoms with Crippen LogP contribution in [0.2, 0.25) is 0 Å². The number of nitro benzene ring substituents is 1. The summed E-state index contributed by atoms with van der Waals surface area (Å²) >= 11 is 0. The van der Waals surface area contributed by atoms with Crippen LogP contribution in [0.25, 0.3) is 0 Å². The molecule has 7 nitrogen and oxygen atoms in total. The van der Waals surface area contributed by atoms with E-state index in [-0.39, 0.29) is 26.2 Å². The van der Waals surface area contributed by atoms with Gasteiger partial charge in [0.25, 0.3) is 0 Å². The molecule has 1 saturated heterocycles. The summed E-state index contributed by atoms with van der Waals surface area (Å²) in [5.41, 5.74) is -0.0742. The molecule has 22 heavy (non-hydrogen) atoms. The number of aromatic hydroxyl groups is 1. The summed E-state index contributed by atoms with van der Waals surface area (Å²) in [6.45, 7) is -0.0342. The SMILES string of the molecule is O=C(N1CCN(c2ccc(O)c([N+](=O)[O-])c2)CC1)C(F)(F)F. The number of phenols is 1. The molecule has 0 aromatic heterocycles. The van der Waals surface area contributed by atoms with Gasteiger partial charge in [0.2, 0.25) is 0 Å². The lowest BCUT2D eigenvalue weighted by Gasteiger charge is -2.36. The van der Waals surface area contributed by atoms with Gasteiger partial charge in [-0.25, -0.2) is 0 Å². The number of benzene rings is 1. The monoisotopic (exact) mass is 319 g/mol. The highest BCUT2D eigenvalue weighted by atomic mass is 19.4. The molecule has 0 spiro atoms. The summed E-state index contributed by atoms with van der Waals surface area (Å²) in [6, 6.07) is 3.74. The van der Waals surface area contributed by atoms with Crippen molar-refractivity contribution < 1.29 is 28.0 Å². The van der Waals surface area contributed by atoms with E-state index in [2.05, 4.69) is 0 Å². The quantitative estimate of drug-likeness (QED) is 0.659. The Kier molecular flexibility index (Phi) is 4.11. The number of halogens is 3. The van der Waals surface area contributed by atoms with E-state index in [9.17, 15) is 33.2 Å². The maximum atomic E-state index is 12.3. The Balaban J connectivity index is 2.08. The van der Waals surface area contributed by atoms with Crippen LogP contribution in [0.5, 0.6) is 5.75 Å². The van der Waals surface area contributed by atoms with Crippen molar-refractivity contribution in [2.45, 2.75) is 6.18 Å². The second-order valence-electron chi connectivity index (χ2n) is 4.71. The molecule has 120 valence electrons. The van der Waals surface area contributed by atoms with Crippen LogP contribution in [-0.4, -0.2) is 53.2 Å². The van der Waals surface area contributed by atoms with Gasteiger partial charge >= 0.3 is 17.8 Å². The fourth-order valence-electron chi connectivity index (χ4n) is 2.20. The lowest BCUT2D eigenvalue weighted by molar-refractivity contribution is -0.385. The van der Waals surface area contributed by atoms with Gasteiger partial charge in [0.05, 0.1) is 4.92 Å². The topological polar surface area (TPSA) is 86.9 Å². The van der Waals surface area contributed by atoms with Crippen LogP contribution in [0, 0.1) is 10.1 Å². The molecule has 1 amide bonds. The van der Waals surface area contributed by atoms with Crippen molar-refractivity contribution in [2.75, 3.05) is 31.1 Å². The van der Waals surface area contributed by atoms with Gasteiger partial charge < -0.3 is 14.9 Å². The number of phenolic OH excluding ortho intramolecular Hbond substituents is 1. The van der Waals surface area contributed by atoms with E-state index in [1.807, 2.05) is 0 Å². The van der Waals surface area contributed by atoms with Crippen LogP contribution in [0.1, 0.15) is 0 Å². The number of piperazine rings is 1. The largest absolute Gasteiger partial charge is 0.502 e. The Hall–Kier alpha value is -2.52. The van der Waals surface area contributed by atoms with Gasteiger partial charge in [-0.3, -0.25) is 14.9 Å². The summed E-state index contributed by atoms with van der Waals surface area (Å²) in [5.74, 6) is -2.37. The first-order chi connectivity index (χ1) is 10.2. The van der Waals surface area contributed by atoms with Crippen LogP contribution in [0.3, 0.4) is 0 Å². The fraction of sp³-hybridized carbons (Fsp3) is 0.417.